The lowest BCUT2D eigenvalue weighted by Gasteiger charge is -2.08. The van der Waals surface area contributed by atoms with E-state index in [0.29, 0.717) is 16.8 Å². The first-order valence-electron chi connectivity index (χ1n) is 6.66. The molecule has 106 valence electrons. The summed E-state index contributed by atoms with van der Waals surface area (Å²) in [6.45, 7) is 1.68. The number of phenols is 1. The largest absolute Gasteiger partial charge is 0.507 e. The number of rotatable bonds is 2. The Hall–Kier alpha value is -2.59. The minimum atomic E-state index is -0.305. The standard InChI is InChI=1S/C17H15NO3/c1-10-3-2-4-11(7-10)14-8-15(20)16-13(18-14)6-5-12(9-19)17(16)21/h2-8,19,21H,9H2,1H3,(H,18,20). The van der Waals surface area contributed by atoms with Crippen molar-refractivity contribution in [2.75, 3.05) is 0 Å². The molecule has 3 aromatic rings. The van der Waals surface area contributed by atoms with E-state index in [1.54, 1.807) is 12.1 Å². The summed E-state index contributed by atoms with van der Waals surface area (Å²) in [4.78, 5) is 15.4. The molecule has 0 spiro atoms. The fourth-order valence-corrected chi connectivity index (χ4v) is 2.47. The second-order valence-electron chi connectivity index (χ2n) is 5.07. The molecule has 0 atom stereocenters. The Bertz CT molecular complexity index is 881. The minimum absolute atomic E-state index is 0.160. The second kappa shape index (κ2) is 5.07. The Morgan fingerprint density at radius 2 is 1.95 bits per heavy atom. The highest BCUT2D eigenvalue weighted by molar-refractivity contribution is 5.88. The molecule has 0 aliphatic heterocycles. The molecule has 0 saturated carbocycles. The van der Waals surface area contributed by atoms with Crippen LogP contribution in [0.5, 0.6) is 5.75 Å². The highest BCUT2D eigenvalue weighted by Crippen LogP contribution is 2.27. The van der Waals surface area contributed by atoms with E-state index < -0.39 is 0 Å². The SMILES string of the molecule is Cc1cccc(-c2cc(=O)c3c(O)c(CO)ccc3[nH]2)c1. The molecule has 4 heteroatoms. The van der Waals surface area contributed by atoms with Crippen LogP contribution in [-0.2, 0) is 6.61 Å². The summed E-state index contributed by atoms with van der Waals surface area (Å²) in [7, 11) is 0. The van der Waals surface area contributed by atoms with E-state index in [1.165, 1.54) is 6.07 Å². The highest BCUT2D eigenvalue weighted by Gasteiger charge is 2.11. The third-order valence-corrected chi connectivity index (χ3v) is 3.55. The molecule has 3 N–H and O–H groups in total. The predicted octanol–water partition coefficient (Wildman–Crippen LogP) is 2.70. The number of aliphatic hydroxyl groups excluding tert-OH is 1. The zero-order valence-corrected chi connectivity index (χ0v) is 11.6. The van der Waals surface area contributed by atoms with E-state index in [-0.39, 0.29) is 23.2 Å². The zero-order valence-electron chi connectivity index (χ0n) is 11.6. The Labute approximate surface area is 121 Å². The van der Waals surface area contributed by atoms with Crippen LogP contribution in [-0.4, -0.2) is 15.2 Å². The molecule has 21 heavy (non-hydrogen) atoms. The van der Waals surface area contributed by atoms with Gasteiger partial charge in [0.25, 0.3) is 0 Å². The summed E-state index contributed by atoms with van der Waals surface area (Å²) in [5, 5.41) is 19.4. The number of hydrogen-bond donors (Lipinski definition) is 3. The van der Waals surface area contributed by atoms with Crippen LogP contribution < -0.4 is 5.43 Å². The topological polar surface area (TPSA) is 73.3 Å². The fourth-order valence-electron chi connectivity index (χ4n) is 2.47. The molecule has 0 aliphatic carbocycles. The Morgan fingerprint density at radius 3 is 2.67 bits per heavy atom. The van der Waals surface area contributed by atoms with Gasteiger partial charge in [-0.1, -0.05) is 29.8 Å². The van der Waals surface area contributed by atoms with Gasteiger partial charge in [-0.2, -0.15) is 0 Å². The molecule has 3 rings (SSSR count). The summed E-state index contributed by atoms with van der Waals surface area (Å²) in [5.41, 5.74) is 3.34. The van der Waals surface area contributed by atoms with Crippen molar-refractivity contribution in [3.63, 3.8) is 0 Å². The molecule has 0 amide bonds. The first-order valence-corrected chi connectivity index (χ1v) is 6.66. The summed E-state index contributed by atoms with van der Waals surface area (Å²) in [6, 6.07) is 12.6. The minimum Gasteiger partial charge on any atom is -0.507 e. The van der Waals surface area contributed by atoms with Crippen LogP contribution in [0.25, 0.3) is 22.2 Å². The number of hydrogen-bond acceptors (Lipinski definition) is 3. The van der Waals surface area contributed by atoms with Crippen LogP contribution in [0.1, 0.15) is 11.1 Å². The van der Waals surface area contributed by atoms with E-state index in [1.807, 2.05) is 31.2 Å². The van der Waals surface area contributed by atoms with E-state index in [0.717, 1.165) is 11.1 Å². The summed E-state index contributed by atoms with van der Waals surface area (Å²) in [5.74, 6) is -0.160. The molecule has 0 radical (unpaired) electrons. The molecule has 0 unspecified atom stereocenters. The molecular formula is C17H15NO3. The van der Waals surface area contributed by atoms with Gasteiger partial charge >= 0.3 is 0 Å². The number of aromatic hydroxyl groups is 1. The third kappa shape index (κ3) is 2.30. The van der Waals surface area contributed by atoms with Gasteiger partial charge in [-0.3, -0.25) is 4.79 Å². The van der Waals surface area contributed by atoms with Gasteiger partial charge in [0, 0.05) is 17.3 Å². The lowest BCUT2D eigenvalue weighted by Crippen LogP contribution is -2.04. The van der Waals surface area contributed by atoms with Gasteiger partial charge in [0.1, 0.15) is 5.75 Å². The molecule has 4 nitrogen and oxygen atoms in total. The average Bonchev–Trinajstić information content (AvgIpc) is 2.47. The van der Waals surface area contributed by atoms with Crippen molar-refractivity contribution in [3.05, 3.63) is 63.8 Å². The van der Waals surface area contributed by atoms with Crippen molar-refractivity contribution < 1.29 is 10.2 Å². The van der Waals surface area contributed by atoms with E-state index in [4.69, 9.17) is 5.11 Å². The molecule has 0 fully saturated rings. The Kier molecular flexibility index (Phi) is 3.23. The number of aromatic amines is 1. The van der Waals surface area contributed by atoms with Crippen molar-refractivity contribution in [2.45, 2.75) is 13.5 Å². The number of aromatic nitrogens is 1. The van der Waals surface area contributed by atoms with Crippen molar-refractivity contribution in [3.8, 4) is 17.0 Å². The number of pyridine rings is 1. The van der Waals surface area contributed by atoms with Crippen LogP contribution in [0.3, 0.4) is 0 Å². The van der Waals surface area contributed by atoms with Gasteiger partial charge in [0.15, 0.2) is 5.43 Å². The lowest BCUT2D eigenvalue weighted by molar-refractivity contribution is 0.276. The Balaban J connectivity index is 2.28. The molecule has 0 aliphatic rings. The summed E-state index contributed by atoms with van der Waals surface area (Å²) in [6.07, 6.45) is 0. The maximum Gasteiger partial charge on any atom is 0.193 e. The van der Waals surface area contributed by atoms with Gasteiger partial charge in [-0.25, -0.2) is 0 Å². The fraction of sp³-hybridized carbons (Fsp3) is 0.118. The number of benzene rings is 2. The van der Waals surface area contributed by atoms with Crippen molar-refractivity contribution in [1.29, 1.82) is 0 Å². The highest BCUT2D eigenvalue weighted by atomic mass is 16.3. The predicted molar refractivity (Wildman–Crippen MR) is 82.3 cm³/mol. The first kappa shape index (κ1) is 13.4. The molecule has 0 saturated heterocycles. The molecule has 1 heterocycles. The number of aliphatic hydroxyl groups is 1. The van der Waals surface area contributed by atoms with Crippen LogP contribution in [0, 0.1) is 6.92 Å². The quantitative estimate of drug-likeness (QED) is 0.676. The average molecular weight is 281 g/mol. The van der Waals surface area contributed by atoms with Crippen molar-refractivity contribution in [2.24, 2.45) is 0 Å². The number of H-pyrrole nitrogens is 1. The molecule has 2 aromatic carbocycles. The van der Waals surface area contributed by atoms with Crippen molar-refractivity contribution in [1.82, 2.24) is 4.98 Å². The maximum absolute atomic E-state index is 12.3. The van der Waals surface area contributed by atoms with Crippen LogP contribution in [0.2, 0.25) is 0 Å². The van der Waals surface area contributed by atoms with E-state index >= 15 is 0 Å². The molecule has 1 aromatic heterocycles. The van der Waals surface area contributed by atoms with Gasteiger partial charge in [-0.05, 0) is 24.6 Å². The normalized spacial score (nSPS) is 11.0. The summed E-state index contributed by atoms with van der Waals surface area (Å²) >= 11 is 0. The van der Waals surface area contributed by atoms with Crippen molar-refractivity contribution >= 4 is 10.9 Å². The number of fused-ring (bicyclic) bond motifs is 1. The number of aryl methyl sites for hydroxylation is 1. The zero-order chi connectivity index (χ0) is 15.0. The van der Waals surface area contributed by atoms with Crippen LogP contribution >= 0.6 is 0 Å². The van der Waals surface area contributed by atoms with Gasteiger partial charge in [0.05, 0.1) is 17.5 Å². The van der Waals surface area contributed by atoms with Crippen LogP contribution in [0.15, 0.2) is 47.3 Å². The van der Waals surface area contributed by atoms with Gasteiger partial charge < -0.3 is 15.2 Å². The Morgan fingerprint density at radius 1 is 1.14 bits per heavy atom. The second-order valence-corrected chi connectivity index (χ2v) is 5.07. The van der Waals surface area contributed by atoms with Gasteiger partial charge in [0.2, 0.25) is 0 Å². The third-order valence-electron chi connectivity index (χ3n) is 3.55. The van der Waals surface area contributed by atoms with Gasteiger partial charge in [-0.15, -0.1) is 0 Å². The molecule has 0 bridgehead atoms. The first-order chi connectivity index (χ1) is 10.1. The van der Waals surface area contributed by atoms with Crippen LogP contribution in [0.4, 0.5) is 0 Å². The lowest BCUT2D eigenvalue weighted by atomic mass is 10.0. The summed E-state index contributed by atoms with van der Waals surface area (Å²) < 4.78 is 0. The number of nitrogens with one attached hydrogen (secondary N) is 1. The smallest absolute Gasteiger partial charge is 0.193 e. The molecular weight excluding hydrogens is 266 g/mol. The monoisotopic (exact) mass is 281 g/mol. The van der Waals surface area contributed by atoms with E-state index in [9.17, 15) is 9.90 Å². The van der Waals surface area contributed by atoms with E-state index in [2.05, 4.69) is 4.98 Å². The maximum atomic E-state index is 12.3.